The average molecular weight is 424 g/mol. The molecule has 0 aromatic heterocycles. The molecule has 0 bridgehead atoms. The van der Waals surface area contributed by atoms with Crippen molar-refractivity contribution in [3.05, 3.63) is 52.1 Å². The number of aliphatic hydroxyl groups is 3. The number of hydrogen-bond donors (Lipinski definition) is 3. The maximum Gasteiger partial charge on any atom is 0.208 e. The van der Waals surface area contributed by atoms with E-state index in [2.05, 4.69) is 4.52 Å². The highest BCUT2D eigenvalue weighted by atomic mass is 31.2. The molecule has 2 rings (SSSR count). The minimum Gasteiger partial charge on any atom is -0.780 e. The zero-order valence-electron chi connectivity index (χ0n) is 15.8. The molecule has 158 valence electrons. The minimum absolute atomic E-state index is 0.00311. The van der Waals surface area contributed by atoms with Crippen LogP contribution in [0.3, 0.4) is 0 Å². The second-order valence-corrected chi connectivity index (χ2v) is 6.96. The fourth-order valence-electron chi connectivity index (χ4n) is 2.85. The quantitative estimate of drug-likeness (QED) is 0.387. The van der Waals surface area contributed by atoms with Gasteiger partial charge in [-0.3, -0.25) is 0 Å². The summed E-state index contributed by atoms with van der Waals surface area (Å²) in [7, 11) is -2.79. The van der Waals surface area contributed by atoms with Gasteiger partial charge in [0.15, 0.2) is 11.5 Å². The summed E-state index contributed by atoms with van der Waals surface area (Å²) in [5.74, 6) is -0.388. The van der Waals surface area contributed by atoms with Crippen molar-refractivity contribution in [3.63, 3.8) is 0 Å². The topological polar surface area (TPSA) is 152 Å². The minimum atomic E-state index is -5.36. The van der Waals surface area contributed by atoms with Crippen LogP contribution in [0.2, 0.25) is 0 Å². The molecule has 10 heteroatoms. The first-order valence-electron chi connectivity index (χ1n) is 8.39. The average Bonchev–Trinajstić information content (AvgIpc) is 2.70. The lowest BCUT2D eigenvalue weighted by Gasteiger charge is -2.30. The van der Waals surface area contributed by atoms with Gasteiger partial charge in [0, 0.05) is 5.56 Å². The van der Waals surface area contributed by atoms with Gasteiger partial charge < -0.3 is 43.7 Å². The zero-order chi connectivity index (χ0) is 21.6. The lowest BCUT2D eigenvalue weighted by molar-refractivity contribution is -0.333. The van der Waals surface area contributed by atoms with Gasteiger partial charge in [0.1, 0.15) is 7.82 Å². The van der Waals surface area contributed by atoms with Gasteiger partial charge in [-0.05, 0) is 46.5 Å². The van der Waals surface area contributed by atoms with Gasteiger partial charge in [-0.1, -0.05) is 12.2 Å². The van der Waals surface area contributed by atoms with Gasteiger partial charge in [-0.25, -0.2) is 0 Å². The van der Waals surface area contributed by atoms with Crippen LogP contribution in [0.5, 0.6) is 17.2 Å². The molecule has 0 aliphatic carbocycles. The van der Waals surface area contributed by atoms with E-state index in [4.69, 9.17) is 9.47 Å². The van der Waals surface area contributed by atoms with E-state index in [1.165, 1.54) is 20.3 Å². The van der Waals surface area contributed by atoms with Crippen molar-refractivity contribution in [2.24, 2.45) is 0 Å². The number of ether oxygens (including phenoxy) is 2. The Labute approximate surface area is 167 Å². The van der Waals surface area contributed by atoms with Crippen molar-refractivity contribution in [1.82, 2.24) is 0 Å². The van der Waals surface area contributed by atoms with E-state index in [0.717, 1.165) is 0 Å². The van der Waals surface area contributed by atoms with Gasteiger partial charge in [0.05, 0.1) is 34.0 Å². The fourth-order valence-corrected chi connectivity index (χ4v) is 3.25. The lowest BCUT2D eigenvalue weighted by Crippen LogP contribution is -2.19. The molecule has 0 unspecified atom stereocenters. The molecule has 3 N–H and O–H groups in total. The lowest BCUT2D eigenvalue weighted by atomic mass is 9.98. The van der Waals surface area contributed by atoms with E-state index in [1.54, 1.807) is 30.4 Å². The molecule has 2 aromatic carbocycles. The van der Waals surface area contributed by atoms with Gasteiger partial charge in [-0.2, -0.15) is 0 Å². The molecule has 0 fully saturated rings. The Bertz CT molecular complexity index is 909. The van der Waals surface area contributed by atoms with Crippen LogP contribution in [0.25, 0.3) is 12.2 Å². The first kappa shape index (κ1) is 22.9. The number of aliphatic hydroxyl groups excluding tert-OH is 3. The number of benzene rings is 2. The van der Waals surface area contributed by atoms with Crippen molar-refractivity contribution >= 4 is 20.0 Å². The Morgan fingerprint density at radius 2 is 1.55 bits per heavy atom. The summed E-state index contributed by atoms with van der Waals surface area (Å²) in [4.78, 5) is 22.2. The highest BCUT2D eigenvalue weighted by Crippen LogP contribution is 2.46. The second-order valence-electron chi connectivity index (χ2n) is 5.88. The fraction of sp³-hybridized carbons (Fsp3) is 0.263. The van der Waals surface area contributed by atoms with E-state index in [9.17, 15) is 29.7 Å². The normalized spacial score (nSPS) is 11.7. The molecule has 9 nitrogen and oxygen atoms in total. The first-order chi connectivity index (χ1) is 13.8. The standard InChI is InChI=1S/C19H23O9P/c1-26-17-6-5-13(18(27-2)19(17)28-29(23,24)25)4-3-12-7-14(9-20)16(11-22)15(8-12)10-21/h3-8,20-22H,9-11H2,1-2H3,(H2,23,24,25)/p-2/b4-3-. The largest absolute Gasteiger partial charge is 0.780 e. The molecule has 0 spiro atoms. The van der Waals surface area contributed by atoms with Crippen LogP contribution in [0, 0.1) is 0 Å². The molecule has 0 atom stereocenters. The molecule has 0 heterocycles. The van der Waals surface area contributed by atoms with Crippen LogP contribution in [0.4, 0.5) is 0 Å². The highest BCUT2D eigenvalue weighted by molar-refractivity contribution is 7.43. The molecule has 0 radical (unpaired) electrons. The Balaban J connectivity index is 2.52. The molecular weight excluding hydrogens is 403 g/mol. The van der Waals surface area contributed by atoms with Crippen LogP contribution in [0.15, 0.2) is 24.3 Å². The predicted octanol–water partition coefficient (Wildman–Crippen LogP) is 0.559. The maximum absolute atomic E-state index is 11.1. The van der Waals surface area contributed by atoms with E-state index in [1.807, 2.05) is 0 Å². The molecule has 0 aliphatic rings. The number of hydrogen-bond acceptors (Lipinski definition) is 9. The van der Waals surface area contributed by atoms with Crippen molar-refractivity contribution in [2.75, 3.05) is 14.2 Å². The number of phosphoric ester groups is 1. The summed E-state index contributed by atoms with van der Waals surface area (Å²) in [5.41, 5.74) is 2.37. The summed E-state index contributed by atoms with van der Waals surface area (Å²) in [6.07, 6.45) is 3.20. The predicted molar refractivity (Wildman–Crippen MR) is 101 cm³/mol. The van der Waals surface area contributed by atoms with Crippen LogP contribution < -0.4 is 23.8 Å². The third-order valence-corrected chi connectivity index (χ3v) is 4.55. The second kappa shape index (κ2) is 9.89. The van der Waals surface area contributed by atoms with Crippen molar-refractivity contribution in [1.29, 1.82) is 0 Å². The molecule has 0 aliphatic heterocycles. The van der Waals surface area contributed by atoms with Crippen LogP contribution in [-0.4, -0.2) is 29.5 Å². The molecule has 0 saturated heterocycles. The van der Waals surface area contributed by atoms with Crippen LogP contribution in [-0.2, 0) is 24.4 Å². The molecule has 2 aromatic rings. The van der Waals surface area contributed by atoms with Crippen molar-refractivity contribution < 1.29 is 43.7 Å². The summed E-state index contributed by atoms with van der Waals surface area (Å²) in [6.45, 7) is -0.972. The van der Waals surface area contributed by atoms with Gasteiger partial charge in [0.25, 0.3) is 0 Å². The SMILES string of the molecule is COc1ccc(/C=C\c2cc(CO)c(CO)c(CO)c2)c(OC)c1OP(=O)([O-])[O-]. The third-order valence-electron chi connectivity index (χ3n) is 4.14. The number of methoxy groups -OCH3 is 2. The summed E-state index contributed by atoms with van der Waals surface area (Å²) >= 11 is 0. The Morgan fingerprint density at radius 3 is 2.00 bits per heavy atom. The molecular formula is C19H21O9P-2. The van der Waals surface area contributed by atoms with Crippen LogP contribution in [0.1, 0.15) is 27.8 Å². The van der Waals surface area contributed by atoms with E-state index in [-0.39, 0.29) is 37.1 Å². The number of rotatable bonds is 9. The molecule has 0 amide bonds. The third kappa shape index (κ3) is 5.57. The zero-order valence-corrected chi connectivity index (χ0v) is 16.7. The summed E-state index contributed by atoms with van der Waals surface area (Å²) in [6, 6.07) is 6.26. The number of phosphoric acid groups is 1. The smallest absolute Gasteiger partial charge is 0.208 e. The van der Waals surface area contributed by atoms with Crippen LogP contribution >= 0.6 is 7.82 Å². The van der Waals surface area contributed by atoms with Gasteiger partial charge in [-0.15, -0.1) is 0 Å². The summed E-state index contributed by atoms with van der Waals surface area (Å²) < 4.78 is 25.8. The Kier molecular flexibility index (Phi) is 7.80. The highest BCUT2D eigenvalue weighted by Gasteiger charge is 2.17. The van der Waals surface area contributed by atoms with Crippen molar-refractivity contribution in [3.8, 4) is 17.2 Å². The summed E-state index contributed by atoms with van der Waals surface area (Å²) in [5, 5.41) is 28.5. The first-order valence-corrected chi connectivity index (χ1v) is 9.86. The van der Waals surface area contributed by atoms with Gasteiger partial charge >= 0.3 is 0 Å². The van der Waals surface area contributed by atoms with E-state index in [0.29, 0.717) is 27.8 Å². The maximum atomic E-state index is 11.1. The van der Waals surface area contributed by atoms with Gasteiger partial charge in [0.2, 0.25) is 5.75 Å². The monoisotopic (exact) mass is 424 g/mol. The van der Waals surface area contributed by atoms with Crippen molar-refractivity contribution in [2.45, 2.75) is 19.8 Å². The Hall–Kier alpha value is -2.39. The van der Waals surface area contributed by atoms with E-state index < -0.39 is 7.82 Å². The van der Waals surface area contributed by atoms with E-state index >= 15 is 0 Å². The molecule has 29 heavy (non-hydrogen) atoms. The Morgan fingerprint density at radius 1 is 0.931 bits per heavy atom. The molecule has 0 saturated carbocycles.